The van der Waals surface area contributed by atoms with E-state index < -0.39 is 0 Å². The summed E-state index contributed by atoms with van der Waals surface area (Å²) >= 11 is 1.57. The third-order valence-electron chi connectivity index (χ3n) is 7.09. The molecule has 1 aromatic carbocycles. The first-order valence-electron chi connectivity index (χ1n) is 12.2. The smallest absolute Gasteiger partial charge is 0.264 e. The zero-order chi connectivity index (χ0) is 24.6. The van der Waals surface area contributed by atoms with E-state index in [-0.39, 0.29) is 17.9 Å². The van der Waals surface area contributed by atoms with Gasteiger partial charge in [-0.2, -0.15) is 0 Å². The van der Waals surface area contributed by atoms with Crippen LogP contribution in [0.1, 0.15) is 44.3 Å². The molecule has 6 rings (SSSR count). The standard InChI is InChI=1S/C28H27N5O2S/c1-20(24-10-6-18-36-24)33-27(34)22-8-4-9-23(26(22)28(33)35)31-16-14-30(15-17-31)19-21-7-5-13-32(21)25-11-2-3-12-29-25/h2-13,18,20H,14-17,19H2,1H3. The number of aromatic nitrogens is 2. The van der Waals surface area contributed by atoms with Crippen LogP contribution in [0.4, 0.5) is 5.69 Å². The maximum atomic E-state index is 13.5. The molecule has 3 aromatic heterocycles. The van der Waals surface area contributed by atoms with Crippen LogP contribution in [-0.4, -0.2) is 57.3 Å². The molecule has 4 aromatic rings. The van der Waals surface area contributed by atoms with Gasteiger partial charge < -0.3 is 9.47 Å². The molecule has 182 valence electrons. The molecule has 1 unspecified atom stereocenters. The highest BCUT2D eigenvalue weighted by atomic mass is 32.1. The van der Waals surface area contributed by atoms with E-state index in [1.807, 2.05) is 67.2 Å². The fraction of sp³-hybridized carbons (Fsp3) is 0.250. The second kappa shape index (κ2) is 9.37. The van der Waals surface area contributed by atoms with Gasteiger partial charge >= 0.3 is 0 Å². The lowest BCUT2D eigenvalue weighted by atomic mass is 10.1. The van der Waals surface area contributed by atoms with Crippen LogP contribution in [0.25, 0.3) is 5.82 Å². The van der Waals surface area contributed by atoms with E-state index in [4.69, 9.17) is 0 Å². The van der Waals surface area contributed by atoms with Gasteiger partial charge in [-0.25, -0.2) is 4.98 Å². The van der Waals surface area contributed by atoms with Gasteiger partial charge in [0.15, 0.2) is 0 Å². The highest BCUT2D eigenvalue weighted by molar-refractivity contribution is 7.10. The average molecular weight is 498 g/mol. The van der Waals surface area contributed by atoms with Crippen molar-refractivity contribution in [3.05, 3.63) is 100 Å². The first kappa shape index (κ1) is 22.7. The second-order valence-corrected chi connectivity index (χ2v) is 10.2. The summed E-state index contributed by atoms with van der Waals surface area (Å²) in [5, 5.41) is 1.97. The lowest BCUT2D eigenvalue weighted by molar-refractivity contribution is 0.0598. The van der Waals surface area contributed by atoms with Crippen LogP contribution in [0, 0.1) is 0 Å². The van der Waals surface area contributed by atoms with Gasteiger partial charge in [-0.3, -0.25) is 19.4 Å². The van der Waals surface area contributed by atoms with E-state index in [0.29, 0.717) is 11.1 Å². The van der Waals surface area contributed by atoms with Crippen LogP contribution in [0.3, 0.4) is 0 Å². The molecule has 0 N–H and O–H groups in total. The van der Waals surface area contributed by atoms with E-state index in [0.717, 1.165) is 49.1 Å². The molecule has 2 aliphatic rings. The molecular weight excluding hydrogens is 470 g/mol. The van der Waals surface area contributed by atoms with Crippen molar-refractivity contribution in [2.75, 3.05) is 31.1 Å². The fourth-order valence-corrected chi connectivity index (χ4v) is 5.97. The molecule has 7 nitrogen and oxygen atoms in total. The normalized spacial score (nSPS) is 17.0. The number of amides is 2. The van der Waals surface area contributed by atoms with Crippen molar-refractivity contribution < 1.29 is 9.59 Å². The molecule has 8 heteroatoms. The molecule has 2 aliphatic heterocycles. The zero-order valence-electron chi connectivity index (χ0n) is 20.1. The Hall–Kier alpha value is -3.75. The Morgan fingerprint density at radius 1 is 0.917 bits per heavy atom. The average Bonchev–Trinajstić information content (AvgIpc) is 3.66. The summed E-state index contributed by atoms with van der Waals surface area (Å²) in [6.07, 6.45) is 3.86. The van der Waals surface area contributed by atoms with Gasteiger partial charge in [0.2, 0.25) is 0 Å². The van der Waals surface area contributed by atoms with Crippen LogP contribution in [0.2, 0.25) is 0 Å². The minimum absolute atomic E-state index is 0.192. The van der Waals surface area contributed by atoms with Crippen molar-refractivity contribution in [2.45, 2.75) is 19.5 Å². The Balaban J connectivity index is 1.18. The Morgan fingerprint density at radius 3 is 2.53 bits per heavy atom. The number of nitrogens with zero attached hydrogens (tertiary/aromatic N) is 5. The molecule has 2 amide bonds. The van der Waals surface area contributed by atoms with Gasteiger partial charge in [-0.1, -0.05) is 18.2 Å². The predicted octanol–water partition coefficient (Wildman–Crippen LogP) is 4.61. The zero-order valence-corrected chi connectivity index (χ0v) is 20.9. The number of carbonyl (C=O) groups is 2. The topological polar surface area (TPSA) is 61.7 Å². The number of fused-ring (bicyclic) bond motifs is 1. The van der Waals surface area contributed by atoms with Crippen molar-refractivity contribution >= 4 is 28.8 Å². The quantitative estimate of drug-likeness (QED) is 0.364. The summed E-state index contributed by atoms with van der Waals surface area (Å²) in [6.45, 7) is 6.08. The van der Waals surface area contributed by atoms with Crippen LogP contribution < -0.4 is 4.90 Å². The van der Waals surface area contributed by atoms with E-state index in [2.05, 4.69) is 31.5 Å². The van der Waals surface area contributed by atoms with Crippen LogP contribution in [-0.2, 0) is 6.54 Å². The minimum Gasteiger partial charge on any atom is -0.368 e. The van der Waals surface area contributed by atoms with E-state index in [9.17, 15) is 9.59 Å². The van der Waals surface area contributed by atoms with E-state index in [1.54, 1.807) is 17.4 Å². The molecule has 1 fully saturated rings. The van der Waals surface area contributed by atoms with Crippen LogP contribution in [0.15, 0.2) is 78.4 Å². The number of piperazine rings is 1. The molecule has 0 spiro atoms. The van der Waals surface area contributed by atoms with Gasteiger partial charge in [-0.15, -0.1) is 11.3 Å². The summed E-state index contributed by atoms with van der Waals surface area (Å²) in [6, 6.07) is 19.4. The number of thiophene rings is 1. The molecule has 5 heterocycles. The summed E-state index contributed by atoms with van der Waals surface area (Å²) < 4.78 is 2.13. The van der Waals surface area contributed by atoms with Crippen LogP contribution >= 0.6 is 11.3 Å². The predicted molar refractivity (Wildman–Crippen MR) is 141 cm³/mol. The largest absolute Gasteiger partial charge is 0.368 e. The number of pyridine rings is 1. The van der Waals surface area contributed by atoms with Gasteiger partial charge in [0.25, 0.3) is 11.8 Å². The van der Waals surface area contributed by atoms with Gasteiger partial charge in [-0.05, 0) is 54.8 Å². The van der Waals surface area contributed by atoms with Gasteiger partial charge in [0.1, 0.15) is 5.82 Å². The number of carbonyl (C=O) groups excluding carboxylic acids is 2. The van der Waals surface area contributed by atoms with Crippen molar-refractivity contribution in [1.82, 2.24) is 19.4 Å². The fourth-order valence-electron chi connectivity index (χ4n) is 5.20. The summed E-state index contributed by atoms with van der Waals surface area (Å²) in [5.41, 5.74) is 3.12. The van der Waals surface area contributed by atoms with E-state index in [1.165, 1.54) is 10.6 Å². The molecule has 1 saturated heterocycles. The van der Waals surface area contributed by atoms with Gasteiger partial charge in [0, 0.05) is 55.7 Å². The number of hydrogen-bond donors (Lipinski definition) is 0. The number of hydrogen-bond acceptors (Lipinski definition) is 6. The second-order valence-electron chi connectivity index (χ2n) is 9.19. The summed E-state index contributed by atoms with van der Waals surface area (Å²) in [5.74, 6) is 0.522. The monoisotopic (exact) mass is 497 g/mol. The lowest BCUT2D eigenvalue weighted by Crippen LogP contribution is -2.46. The molecule has 0 radical (unpaired) electrons. The van der Waals surface area contributed by atoms with Crippen molar-refractivity contribution in [3.63, 3.8) is 0 Å². The number of rotatable bonds is 6. The number of benzene rings is 1. The molecular formula is C28H27N5O2S. The van der Waals surface area contributed by atoms with Crippen molar-refractivity contribution in [2.24, 2.45) is 0 Å². The number of anilines is 1. The Kier molecular flexibility index (Phi) is 5.91. The SMILES string of the molecule is CC(c1cccs1)N1C(=O)c2cccc(N3CCN(Cc4cccn4-c4ccccn4)CC3)c2C1=O. The Morgan fingerprint density at radius 2 is 1.78 bits per heavy atom. The summed E-state index contributed by atoms with van der Waals surface area (Å²) in [7, 11) is 0. The third kappa shape index (κ3) is 3.92. The highest BCUT2D eigenvalue weighted by Crippen LogP contribution is 2.37. The third-order valence-corrected chi connectivity index (χ3v) is 8.14. The van der Waals surface area contributed by atoms with Gasteiger partial charge in [0.05, 0.1) is 22.9 Å². The molecule has 0 aliphatic carbocycles. The maximum Gasteiger partial charge on any atom is 0.264 e. The first-order chi connectivity index (χ1) is 17.6. The lowest BCUT2D eigenvalue weighted by Gasteiger charge is -2.36. The highest BCUT2D eigenvalue weighted by Gasteiger charge is 2.41. The minimum atomic E-state index is -0.280. The number of imide groups is 1. The molecule has 36 heavy (non-hydrogen) atoms. The first-order valence-corrected chi connectivity index (χ1v) is 13.1. The molecule has 0 bridgehead atoms. The summed E-state index contributed by atoms with van der Waals surface area (Å²) in [4.78, 5) is 38.3. The van der Waals surface area contributed by atoms with Crippen molar-refractivity contribution in [1.29, 1.82) is 0 Å². The molecule has 1 atom stereocenters. The maximum absolute atomic E-state index is 13.5. The van der Waals surface area contributed by atoms with E-state index >= 15 is 0 Å². The molecule has 0 saturated carbocycles. The Bertz CT molecular complexity index is 1390. The van der Waals surface area contributed by atoms with Crippen molar-refractivity contribution in [3.8, 4) is 5.82 Å². The van der Waals surface area contributed by atoms with Crippen LogP contribution in [0.5, 0.6) is 0 Å². The Labute approximate surface area is 214 Å².